The van der Waals surface area contributed by atoms with Crippen molar-refractivity contribution in [1.29, 1.82) is 0 Å². The van der Waals surface area contributed by atoms with Crippen LogP contribution in [-0.2, 0) is 10.2 Å². The SMILES string of the molecule is NS(=O)(=O)NCCC1CCN(c2ccnc3ncn(-c4ccccc4)c23)CC1. The smallest absolute Gasteiger partial charge is 0.274 e. The van der Waals surface area contributed by atoms with Crippen molar-refractivity contribution in [1.82, 2.24) is 19.3 Å². The van der Waals surface area contributed by atoms with Crippen molar-refractivity contribution in [2.24, 2.45) is 11.1 Å². The van der Waals surface area contributed by atoms with E-state index in [4.69, 9.17) is 5.14 Å². The molecule has 0 spiro atoms. The Balaban J connectivity index is 1.51. The van der Waals surface area contributed by atoms with Gasteiger partial charge in [-0.05, 0) is 43.4 Å². The number of hydrogen-bond acceptors (Lipinski definition) is 5. The summed E-state index contributed by atoms with van der Waals surface area (Å²) in [5.74, 6) is 0.488. The van der Waals surface area contributed by atoms with Crippen LogP contribution in [0.25, 0.3) is 16.9 Å². The number of aromatic nitrogens is 3. The normalized spacial score (nSPS) is 16.0. The maximum absolute atomic E-state index is 11.0. The first-order valence-electron chi connectivity index (χ1n) is 9.41. The Morgan fingerprint density at radius 1 is 1.11 bits per heavy atom. The molecule has 1 aliphatic heterocycles. The molecule has 3 N–H and O–H groups in total. The number of para-hydroxylation sites is 1. The number of benzene rings is 1. The molecule has 28 heavy (non-hydrogen) atoms. The number of fused-ring (bicyclic) bond motifs is 1. The zero-order valence-corrected chi connectivity index (χ0v) is 16.3. The summed E-state index contributed by atoms with van der Waals surface area (Å²) in [4.78, 5) is 11.3. The Morgan fingerprint density at radius 3 is 2.57 bits per heavy atom. The number of pyridine rings is 1. The van der Waals surface area contributed by atoms with Crippen LogP contribution in [0.1, 0.15) is 19.3 Å². The predicted molar refractivity (Wildman–Crippen MR) is 110 cm³/mol. The third-order valence-corrected chi connectivity index (χ3v) is 5.87. The van der Waals surface area contributed by atoms with E-state index in [0.29, 0.717) is 12.5 Å². The molecule has 9 heteroatoms. The van der Waals surface area contributed by atoms with Crippen LogP contribution >= 0.6 is 0 Å². The Hall–Kier alpha value is -2.49. The van der Waals surface area contributed by atoms with Crippen LogP contribution in [0.15, 0.2) is 48.9 Å². The van der Waals surface area contributed by atoms with E-state index in [-0.39, 0.29) is 0 Å². The molecule has 4 rings (SSSR count). The third kappa shape index (κ3) is 4.16. The average Bonchev–Trinajstić information content (AvgIpc) is 3.13. The van der Waals surface area contributed by atoms with Gasteiger partial charge in [0.05, 0.1) is 5.69 Å². The van der Waals surface area contributed by atoms with Crippen LogP contribution < -0.4 is 14.8 Å². The van der Waals surface area contributed by atoms with E-state index in [1.807, 2.05) is 36.8 Å². The molecule has 3 heterocycles. The summed E-state index contributed by atoms with van der Waals surface area (Å²) in [6.07, 6.45) is 6.45. The van der Waals surface area contributed by atoms with Gasteiger partial charge in [-0.25, -0.2) is 19.8 Å². The lowest BCUT2D eigenvalue weighted by atomic mass is 9.93. The number of rotatable bonds is 6. The molecule has 0 unspecified atom stereocenters. The fourth-order valence-electron chi connectivity index (χ4n) is 3.84. The summed E-state index contributed by atoms with van der Waals surface area (Å²) in [7, 11) is -3.60. The number of piperidine rings is 1. The molecule has 0 bridgehead atoms. The number of nitrogens with zero attached hydrogens (tertiary/aromatic N) is 4. The van der Waals surface area contributed by atoms with Crippen LogP contribution in [0.3, 0.4) is 0 Å². The molecule has 2 aromatic heterocycles. The van der Waals surface area contributed by atoms with E-state index in [0.717, 1.165) is 54.9 Å². The van der Waals surface area contributed by atoms with E-state index in [2.05, 4.69) is 36.3 Å². The summed E-state index contributed by atoms with van der Waals surface area (Å²) in [5, 5.41) is 4.99. The van der Waals surface area contributed by atoms with Crippen molar-refractivity contribution >= 4 is 27.1 Å². The van der Waals surface area contributed by atoms with Gasteiger partial charge in [0.15, 0.2) is 5.65 Å². The highest BCUT2D eigenvalue weighted by atomic mass is 32.2. The minimum Gasteiger partial charge on any atom is -0.370 e. The molecular weight excluding hydrogens is 376 g/mol. The predicted octanol–water partition coefficient (Wildman–Crippen LogP) is 1.82. The van der Waals surface area contributed by atoms with Crippen LogP contribution in [0.2, 0.25) is 0 Å². The fourth-order valence-corrected chi connectivity index (χ4v) is 4.24. The summed E-state index contributed by atoms with van der Waals surface area (Å²) < 4.78 is 26.5. The van der Waals surface area contributed by atoms with Crippen molar-refractivity contribution in [3.63, 3.8) is 0 Å². The Kier molecular flexibility index (Phi) is 5.29. The maximum atomic E-state index is 11.0. The molecule has 1 fully saturated rings. The first kappa shape index (κ1) is 18.9. The van der Waals surface area contributed by atoms with E-state index in [1.165, 1.54) is 0 Å². The Bertz CT molecular complexity index is 1040. The summed E-state index contributed by atoms with van der Waals surface area (Å²) in [6, 6.07) is 12.2. The number of nitrogens with one attached hydrogen (secondary N) is 1. The van der Waals surface area contributed by atoms with Crippen LogP contribution in [0, 0.1) is 5.92 Å². The van der Waals surface area contributed by atoms with Gasteiger partial charge in [0, 0.05) is 31.5 Å². The van der Waals surface area contributed by atoms with Gasteiger partial charge in [-0.2, -0.15) is 8.42 Å². The van der Waals surface area contributed by atoms with E-state index < -0.39 is 10.2 Å². The van der Waals surface area contributed by atoms with Gasteiger partial charge in [-0.1, -0.05) is 18.2 Å². The second-order valence-corrected chi connectivity index (χ2v) is 8.49. The van der Waals surface area contributed by atoms with E-state index in [9.17, 15) is 8.42 Å². The molecule has 1 aliphatic rings. The van der Waals surface area contributed by atoms with Crippen LogP contribution in [0.4, 0.5) is 5.69 Å². The lowest BCUT2D eigenvalue weighted by Gasteiger charge is -2.34. The van der Waals surface area contributed by atoms with Crippen molar-refractivity contribution in [3.8, 4) is 5.69 Å². The molecule has 0 radical (unpaired) electrons. The van der Waals surface area contributed by atoms with Gasteiger partial charge in [-0.3, -0.25) is 4.57 Å². The second-order valence-electron chi connectivity index (χ2n) is 7.11. The zero-order chi connectivity index (χ0) is 19.6. The van der Waals surface area contributed by atoms with Crippen molar-refractivity contribution in [2.75, 3.05) is 24.5 Å². The second kappa shape index (κ2) is 7.86. The van der Waals surface area contributed by atoms with Gasteiger partial charge >= 0.3 is 0 Å². The standard InChI is InChI=1S/C19H24N6O2S/c20-28(26,27)23-11-6-15-8-12-24(13-9-15)17-7-10-21-19-18(17)25(14-22-19)16-4-2-1-3-5-16/h1-5,7,10,14-15,23H,6,8-9,11-13H2,(H2,20,26,27). The lowest BCUT2D eigenvalue weighted by Crippen LogP contribution is -2.36. The highest BCUT2D eigenvalue weighted by Crippen LogP contribution is 2.31. The summed E-state index contributed by atoms with van der Waals surface area (Å²) in [6.45, 7) is 2.22. The Labute approximate surface area is 164 Å². The highest BCUT2D eigenvalue weighted by Gasteiger charge is 2.22. The largest absolute Gasteiger partial charge is 0.370 e. The maximum Gasteiger partial charge on any atom is 0.274 e. The number of imidazole rings is 1. The minimum atomic E-state index is -3.60. The molecule has 148 valence electrons. The van der Waals surface area contributed by atoms with E-state index >= 15 is 0 Å². The molecule has 0 amide bonds. The lowest BCUT2D eigenvalue weighted by molar-refractivity contribution is 0.382. The topological polar surface area (TPSA) is 106 Å². The van der Waals surface area contributed by atoms with Gasteiger partial charge in [0.25, 0.3) is 10.2 Å². The molecule has 1 saturated heterocycles. The van der Waals surface area contributed by atoms with E-state index in [1.54, 1.807) is 0 Å². The number of nitrogens with two attached hydrogens (primary N) is 1. The first-order chi connectivity index (χ1) is 13.5. The molecule has 0 saturated carbocycles. The Morgan fingerprint density at radius 2 is 1.86 bits per heavy atom. The summed E-state index contributed by atoms with van der Waals surface area (Å²) in [5.41, 5.74) is 3.94. The third-order valence-electron chi connectivity index (χ3n) is 5.27. The fraction of sp³-hybridized carbons (Fsp3) is 0.368. The minimum absolute atomic E-state index is 0.393. The average molecular weight is 401 g/mol. The number of anilines is 1. The monoisotopic (exact) mass is 400 g/mol. The number of hydrogen-bond donors (Lipinski definition) is 2. The highest BCUT2D eigenvalue weighted by molar-refractivity contribution is 7.87. The van der Waals surface area contributed by atoms with Gasteiger partial charge in [0.2, 0.25) is 0 Å². The van der Waals surface area contributed by atoms with Crippen molar-refractivity contribution < 1.29 is 8.42 Å². The van der Waals surface area contributed by atoms with Crippen molar-refractivity contribution in [3.05, 3.63) is 48.9 Å². The molecule has 3 aromatic rings. The van der Waals surface area contributed by atoms with Gasteiger partial charge < -0.3 is 4.90 Å². The zero-order valence-electron chi connectivity index (χ0n) is 15.5. The van der Waals surface area contributed by atoms with Crippen LogP contribution in [-0.4, -0.2) is 42.6 Å². The van der Waals surface area contributed by atoms with Gasteiger partial charge in [-0.15, -0.1) is 0 Å². The van der Waals surface area contributed by atoms with Crippen molar-refractivity contribution in [2.45, 2.75) is 19.3 Å². The van der Waals surface area contributed by atoms with Gasteiger partial charge in [0.1, 0.15) is 11.8 Å². The quantitative estimate of drug-likeness (QED) is 0.656. The molecule has 8 nitrogen and oxygen atoms in total. The molecular formula is C19H24N6O2S. The molecule has 1 aromatic carbocycles. The van der Waals surface area contributed by atoms with Crippen LogP contribution in [0.5, 0.6) is 0 Å². The molecule has 0 aliphatic carbocycles. The molecule has 0 atom stereocenters. The summed E-state index contributed by atoms with van der Waals surface area (Å²) >= 11 is 0. The first-order valence-corrected chi connectivity index (χ1v) is 11.0.